The molecule has 0 aliphatic carbocycles. The van der Waals surface area contributed by atoms with Gasteiger partial charge in [0.15, 0.2) is 0 Å². The fourth-order valence-corrected chi connectivity index (χ4v) is 2.99. The van der Waals surface area contributed by atoms with E-state index in [0.29, 0.717) is 46.4 Å². The maximum atomic E-state index is 13.9. The number of nitriles is 1. The van der Waals surface area contributed by atoms with Crippen molar-refractivity contribution in [3.8, 4) is 6.07 Å². The van der Waals surface area contributed by atoms with Crippen LogP contribution in [0.1, 0.15) is 34.0 Å². The smallest absolute Gasteiger partial charge is 0.251 e. The molecule has 6 heteroatoms. The molecule has 136 valence electrons. The molecular weight excluding hydrogens is 343 g/mol. The van der Waals surface area contributed by atoms with Gasteiger partial charge < -0.3 is 10.6 Å². The van der Waals surface area contributed by atoms with Crippen molar-refractivity contribution < 1.29 is 9.18 Å². The van der Waals surface area contributed by atoms with E-state index in [1.54, 1.807) is 25.1 Å². The molecule has 0 bridgehead atoms. The summed E-state index contributed by atoms with van der Waals surface area (Å²) in [6.07, 6.45) is 1.49. The number of hydrogen-bond acceptors (Lipinski definition) is 4. The molecule has 0 spiro atoms. The van der Waals surface area contributed by atoms with E-state index >= 15 is 0 Å². The topological polar surface area (TPSA) is 77.8 Å². The van der Waals surface area contributed by atoms with E-state index in [-0.39, 0.29) is 11.7 Å². The maximum Gasteiger partial charge on any atom is 0.251 e. The Bertz CT molecular complexity index is 1060. The van der Waals surface area contributed by atoms with Gasteiger partial charge in [-0.05, 0) is 49.2 Å². The third kappa shape index (κ3) is 3.87. The SMILES string of the molecule is CCNC(=O)c1cccc(CNc2c(C#N)cnc3c(C)cc(F)cc23)c1. The minimum atomic E-state index is -0.377. The number of amides is 1. The van der Waals surface area contributed by atoms with Gasteiger partial charge in [0.05, 0.1) is 16.8 Å². The number of hydrogen-bond donors (Lipinski definition) is 2. The van der Waals surface area contributed by atoms with Crippen LogP contribution in [0, 0.1) is 24.1 Å². The van der Waals surface area contributed by atoms with E-state index in [2.05, 4.69) is 21.7 Å². The molecule has 1 aromatic heterocycles. The number of halogens is 1. The Hall–Kier alpha value is -3.46. The molecule has 0 unspecified atom stereocenters. The van der Waals surface area contributed by atoms with Gasteiger partial charge >= 0.3 is 0 Å². The predicted octanol–water partition coefficient (Wildman–Crippen LogP) is 3.92. The number of carbonyl (C=O) groups excluding carboxylic acids is 1. The Labute approximate surface area is 156 Å². The highest BCUT2D eigenvalue weighted by atomic mass is 19.1. The summed E-state index contributed by atoms with van der Waals surface area (Å²) in [5.74, 6) is -0.512. The van der Waals surface area contributed by atoms with Gasteiger partial charge in [0.25, 0.3) is 5.91 Å². The predicted molar refractivity (Wildman–Crippen MR) is 103 cm³/mol. The molecule has 3 aromatic rings. The van der Waals surface area contributed by atoms with Crippen LogP contribution in [0.4, 0.5) is 10.1 Å². The first-order valence-electron chi connectivity index (χ1n) is 8.63. The average molecular weight is 362 g/mol. The number of nitrogens with one attached hydrogen (secondary N) is 2. The number of nitrogens with zero attached hydrogens (tertiary/aromatic N) is 2. The highest BCUT2D eigenvalue weighted by molar-refractivity contribution is 5.96. The van der Waals surface area contributed by atoms with E-state index in [0.717, 1.165) is 5.56 Å². The lowest BCUT2D eigenvalue weighted by Gasteiger charge is -2.13. The number of fused-ring (bicyclic) bond motifs is 1. The second-order valence-electron chi connectivity index (χ2n) is 6.19. The summed E-state index contributed by atoms with van der Waals surface area (Å²) < 4.78 is 13.9. The lowest BCUT2D eigenvalue weighted by Crippen LogP contribution is -2.22. The lowest BCUT2D eigenvalue weighted by atomic mass is 10.1. The van der Waals surface area contributed by atoms with E-state index in [9.17, 15) is 14.4 Å². The standard InChI is InChI=1S/C21H19FN4O/c1-3-24-21(27)15-6-4-5-14(8-15)11-25-20-16(10-23)12-26-19-13(2)7-17(22)9-18(19)20/h4-9,12H,3,11H2,1-2H3,(H,24,27)(H,25,26). The number of aromatic nitrogens is 1. The lowest BCUT2D eigenvalue weighted by molar-refractivity contribution is 0.0955. The zero-order valence-electron chi connectivity index (χ0n) is 15.1. The van der Waals surface area contributed by atoms with E-state index in [1.165, 1.54) is 18.3 Å². The van der Waals surface area contributed by atoms with Gasteiger partial charge in [-0.3, -0.25) is 9.78 Å². The van der Waals surface area contributed by atoms with E-state index in [1.807, 2.05) is 13.0 Å². The van der Waals surface area contributed by atoms with Gasteiger partial charge in [0.1, 0.15) is 11.9 Å². The number of anilines is 1. The molecule has 2 N–H and O–H groups in total. The van der Waals surface area contributed by atoms with Crippen molar-refractivity contribution in [1.82, 2.24) is 10.3 Å². The molecule has 27 heavy (non-hydrogen) atoms. The summed E-state index contributed by atoms with van der Waals surface area (Å²) in [5, 5.41) is 16.0. The largest absolute Gasteiger partial charge is 0.379 e. The van der Waals surface area contributed by atoms with Gasteiger partial charge in [-0.15, -0.1) is 0 Å². The first kappa shape index (κ1) is 18.3. The average Bonchev–Trinajstić information content (AvgIpc) is 2.66. The molecule has 0 atom stereocenters. The molecule has 3 rings (SSSR count). The molecule has 1 heterocycles. The van der Waals surface area contributed by atoms with Gasteiger partial charge in [0.2, 0.25) is 0 Å². The van der Waals surface area contributed by atoms with Crippen molar-refractivity contribution in [1.29, 1.82) is 5.26 Å². The van der Waals surface area contributed by atoms with Crippen molar-refractivity contribution in [2.75, 3.05) is 11.9 Å². The first-order valence-corrected chi connectivity index (χ1v) is 8.63. The van der Waals surface area contributed by atoms with Gasteiger partial charge in [0, 0.05) is 30.2 Å². The highest BCUT2D eigenvalue weighted by Gasteiger charge is 2.12. The van der Waals surface area contributed by atoms with E-state index in [4.69, 9.17) is 0 Å². The zero-order chi connectivity index (χ0) is 19.4. The Balaban J connectivity index is 1.95. The fourth-order valence-electron chi connectivity index (χ4n) is 2.99. The van der Waals surface area contributed by atoms with Crippen LogP contribution in [0.3, 0.4) is 0 Å². The molecule has 0 aliphatic heterocycles. The van der Waals surface area contributed by atoms with Gasteiger partial charge in [-0.2, -0.15) is 5.26 Å². The number of carbonyl (C=O) groups is 1. The van der Waals surface area contributed by atoms with Crippen LogP contribution in [0.2, 0.25) is 0 Å². The first-order chi connectivity index (χ1) is 13.0. The summed E-state index contributed by atoms with van der Waals surface area (Å²) in [4.78, 5) is 16.3. The summed E-state index contributed by atoms with van der Waals surface area (Å²) in [5.41, 5.74) is 3.67. The van der Waals surface area contributed by atoms with Gasteiger partial charge in [-0.1, -0.05) is 12.1 Å². The fraction of sp³-hybridized carbons (Fsp3) is 0.190. The van der Waals surface area contributed by atoms with Crippen LogP contribution in [-0.2, 0) is 6.54 Å². The van der Waals surface area contributed by atoms with Crippen LogP contribution >= 0.6 is 0 Å². The third-order valence-electron chi connectivity index (χ3n) is 4.24. The third-order valence-corrected chi connectivity index (χ3v) is 4.24. The molecule has 0 saturated carbocycles. The number of benzene rings is 2. The molecule has 0 saturated heterocycles. The zero-order valence-corrected chi connectivity index (χ0v) is 15.1. The summed E-state index contributed by atoms with van der Waals surface area (Å²) >= 11 is 0. The highest BCUT2D eigenvalue weighted by Crippen LogP contribution is 2.29. The summed E-state index contributed by atoms with van der Waals surface area (Å²) in [6.45, 7) is 4.59. The molecule has 0 radical (unpaired) electrons. The molecule has 5 nitrogen and oxygen atoms in total. The van der Waals surface area contributed by atoms with Crippen LogP contribution in [0.25, 0.3) is 10.9 Å². The molecule has 0 aliphatic rings. The van der Waals surface area contributed by atoms with Crippen molar-refractivity contribution >= 4 is 22.5 Å². The Morgan fingerprint density at radius 2 is 2.11 bits per heavy atom. The van der Waals surface area contributed by atoms with Crippen molar-refractivity contribution in [3.63, 3.8) is 0 Å². The number of rotatable bonds is 5. The van der Waals surface area contributed by atoms with Crippen LogP contribution in [0.5, 0.6) is 0 Å². The number of aryl methyl sites for hydroxylation is 1. The molecule has 0 fully saturated rings. The van der Waals surface area contributed by atoms with Gasteiger partial charge in [-0.25, -0.2) is 4.39 Å². The van der Waals surface area contributed by atoms with Crippen LogP contribution < -0.4 is 10.6 Å². The Morgan fingerprint density at radius 3 is 2.85 bits per heavy atom. The summed E-state index contributed by atoms with van der Waals surface area (Å²) in [6, 6.07) is 12.1. The Kier molecular flexibility index (Phi) is 5.32. The second-order valence-corrected chi connectivity index (χ2v) is 6.19. The molecule has 1 amide bonds. The van der Waals surface area contributed by atoms with Crippen molar-refractivity contribution in [2.24, 2.45) is 0 Å². The normalized spacial score (nSPS) is 10.4. The molecule has 2 aromatic carbocycles. The van der Waals surface area contributed by atoms with E-state index < -0.39 is 0 Å². The maximum absolute atomic E-state index is 13.9. The van der Waals surface area contributed by atoms with Crippen LogP contribution in [0.15, 0.2) is 42.6 Å². The monoisotopic (exact) mass is 362 g/mol. The second kappa shape index (κ2) is 7.83. The van der Waals surface area contributed by atoms with Crippen LogP contribution in [-0.4, -0.2) is 17.4 Å². The van der Waals surface area contributed by atoms with Crippen molar-refractivity contribution in [2.45, 2.75) is 20.4 Å². The quantitative estimate of drug-likeness (QED) is 0.721. The number of pyridine rings is 1. The summed E-state index contributed by atoms with van der Waals surface area (Å²) in [7, 11) is 0. The Morgan fingerprint density at radius 1 is 1.30 bits per heavy atom. The minimum absolute atomic E-state index is 0.135. The molecular formula is C21H19FN4O. The van der Waals surface area contributed by atoms with Crippen molar-refractivity contribution in [3.05, 3.63) is 70.7 Å². The minimum Gasteiger partial charge on any atom is -0.379 e.